The van der Waals surface area contributed by atoms with Crippen molar-refractivity contribution in [2.75, 3.05) is 0 Å². The fraction of sp³-hybridized carbons (Fsp3) is 0.263. The maximum atomic E-state index is 10.3. The van der Waals surface area contributed by atoms with Crippen molar-refractivity contribution < 1.29 is 10.2 Å². The smallest absolute Gasteiger partial charge is 0.119 e. The summed E-state index contributed by atoms with van der Waals surface area (Å²) < 4.78 is 0. The molecule has 0 radical (unpaired) electrons. The number of hydrogen-bond donors (Lipinski definition) is 2. The largest absolute Gasteiger partial charge is 0.508 e. The van der Waals surface area contributed by atoms with Crippen molar-refractivity contribution in [2.24, 2.45) is 0 Å². The first-order chi connectivity index (χ1) is 10.3. The van der Waals surface area contributed by atoms with Crippen LogP contribution in [0.1, 0.15) is 41.9 Å². The zero-order valence-electron chi connectivity index (χ0n) is 12.0. The molecule has 1 aliphatic rings. The highest BCUT2D eigenvalue weighted by Gasteiger charge is 2.19. The molecule has 2 aromatic carbocycles. The monoisotopic (exact) mass is 280 g/mol. The van der Waals surface area contributed by atoms with Gasteiger partial charge in [0.2, 0.25) is 0 Å². The molecule has 0 saturated carbocycles. The van der Waals surface area contributed by atoms with E-state index in [0.717, 1.165) is 30.4 Å². The number of hydrogen-bond acceptors (Lipinski definition) is 2. The SMILES string of the molecule is Oc1ccccc1Cc1c(O)cccc1C1CC=CCC1. The summed E-state index contributed by atoms with van der Waals surface area (Å²) in [5.41, 5.74) is 3.01. The van der Waals surface area contributed by atoms with Crippen molar-refractivity contribution in [1.82, 2.24) is 0 Å². The Morgan fingerprint density at radius 1 is 0.905 bits per heavy atom. The molecule has 3 rings (SSSR count). The lowest BCUT2D eigenvalue weighted by Crippen LogP contribution is -2.05. The molecule has 0 saturated heterocycles. The molecular weight excluding hydrogens is 260 g/mol. The van der Waals surface area contributed by atoms with E-state index in [9.17, 15) is 10.2 Å². The molecule has 2 N–H and O–H groups in total. The first-order valence-electron chi connectivity index (χ1n) is 7.48. The van der Waals surface area contributed by atoms with E-state index in [4.69, 9.17) is 0 Å². The molecule has 0 aromatic heterocycles. The minimum atomic E-state index is 0.287. The summed E-state index contributed by atoms with van der Waals surface area (Å²) in [7, 11) is 0. The highest BCUT2D eigenvalue weighted by molar-refractivity contribution is 5.47. The number of benzene rings is 2. The Morgan fingerprint density at radius 2 is 1.71 bits per heavy atom. The molecule has 1 unspecified atom stereocenters. The van der Waals surface area contributed by atoms with Gasteiger partial charge in [0, 0.05) is 12.0 Å². The van der Waals surface area contributed by atoms with E-state index in [0.29, 0.717) is 18.1 Å². The summed E-state index contributed by atoms with van der Waals surface area (Å²) in [6.07, 6.45) is 8.25. The van der Waals surface area contributed by atoms with Crippen LogP contribution in [-0.2, 0) is 6.42 Å². The molecule has 0 aliphatic heterocycles. The fourth-order valence-corrected chi connectivity index (χ4v) is 3.09. The third-order valence-corrected chi connectivity index (χ3v) is 4.26. The molecule has 2 aromatic rings. The molecule has 0 heterocycles. The van der Waals surface area contributed by atoms with Gasteiger partial charge in [0.1, 0.15) is 11.5 Å². The Bertz CT molecular complexity index is 658. The van der Waals surface area contributed by atoms with Gasteiger partial charge in [-0.25, -0.2) is 0 Å². The van der Waals surface area contributed by atoms with Gasteiger partial charge in [0.25, 0.3) is 0 Å². The minimum Gasteiger partial charge on any atom is -0.508 e. The van der Waals surface area contributed by atoms with Crippen LogP contribution < -0.4 is 0 Å². The second-order valence-electron chi connectivity index (χ2n) is 5.63. The molecule has 0 amide bonds. The molecule has 2 heteroatoms. The molecule has 2 nitrogen and oxygen atoms in total. The van der Waals surface area contributed by atoms with Gasteiger partial charge in [-0.15, -0.1) is 0 Å². The van der Waals surface area contributed by atoms with Gasteiger partial charge in [-0.05, 0) is 48.4 Å². The second kappa shape index (κ2) is 6.04. The predicted molar refractivity (Wildman–Crippen MR) is 84.8 cm³/mol. The third-order valence-electron chi connectivity index (χ3n) is 4.26. The van der Waals surface area contributed by atoms with Gasteiger partial charge in [-0.1, -0.05) is 42.5 Å². The molecule has 21 heavy (non-hydrogen) atoms. The number of rotatable bonds is 3. The van der Waals surface area contributed by atoms with Crippen molar-refractivity contribution in [3.05, 3.63) is 71.3 Å². The first kappa shape index (κ1) is 13.7. The van der Waals surface area contributed by atoms with E-state index < -0.39 is 0 Å². The van der Waals surface area contributed by atoms with E-state index >= 15 is 0 Å². The maximum Gasteiger partial charge on any atom is 0.119 e. The Hall–Kier alpha value is -2.22. The number of allylic oxidation sites excluding steroid dienone is 2. The van der Waals surface area contributed by atoms with Gasteiger partial charge >= 0.3 is 0 Å². The molecule has 0 spiro atoms. The average Bonchev–Trinajstić information content (AvgIpc) is 2.52. The minimum absolute atomic E-state index is 0.287. The van der Waals surface area contributed by atoms with Crippen molar-refractivity contribution in [3.8, 4) is 11.5 Å². The number of phenols is 2. The van der Waals surface area contributed by atoms with E-state index in [2.05, 4.69) is 18.2 Å². The number of phenolic OH excluding ortho intramolecular Hbond substituents is 2. The van der Waals surface area contributed by atoms with Gasteiger partial charge in [-0.3, -0.25) is 0 Å². The maximum absolute atomic E-state index is 10.3. The first-order valence-corrected chi connectivity index (χ1v) is 7.48. The Balaban J connectivity index is 1.97. The summed E-state index contributed by atoms with van der Waals surface area (Å²) in [6, 6.07) is 13.1. The standard InChI is InChI=1S/C19H20O2/c20-18-11-5-4-9-15(18)13-17-16(10-6-12-19(17)21)14-7-2-1-3-8-14/h1-2,4-6,9-12,14,20-21H,3,7-8,13H2. The van der Waals surface area contributed by atoms with Crippen molar-refractivity contribution >= 4 is 0 Å². The van der Waals surface area contributed by atoms with Gasteiger partial charge in [-0.2, -0.15) is 0 Å². The summed E-state index contributed by atoms with van der Waals surface area (Å²) in [5, 5.41) is 20.2. The lowest BCUT2D eigenvalue weighted by molar-refractivity contribution is 0.460. The van der Waals surface area contributed by atoms with Crippen LogP contribution in [0, 0.1) is 0 Å². The Kier molecular flexibility index (Phi) is 3.96. The van der Waals surface area contributed by atoms with Crippen molar-refractivity contribution in [3.63, 3.8) is 0 Å². The summed E-state index contributed by atoms with van der Waals surface area (Å²) in [4.78, 5) is 0. The second-order valence-corrected chi connectivity index (χ2v) is 5.63. The van der Waals surface area contributed by atoms with Crippen LogP contribution in [0.15, 0.2) is 54.6 Å². The van der Waals surface area contributed by atoms with Crippen LogP contribution in [0.25, 0.3) is 0 Å². The predicted octanol–water partition coefficient (Wildman–Crippen LogP) is 4.51. The highest BCUT2D eigenvalue weighted by atomic mass is 16.3. The lowest BCUT2D eigenvalue weighted by Gasteiger charge is -2.22. The highest BCUT2D eigenvalue weighted by Crippen LogP contribution is 2.36. The molecule has 1 aliphatic carbocycles. The molecular formula is C19H20O2. The normalized spacial score (nSPS) is 17.8. The van der Waals surface area contributed by atoms with Crippen LogP contribution in [0.2, 0.25) is 0 Å². The van der Waals surface area contributed by atoms with E-state index in [-0.39, 0.29) is 5.75 Å². The summed E-state index contributed by atoms with van der Waals surface area (Å²) in [6.45, 7) is 0. The van der Waals surface area contributed by atoms with Crippen molar-refractivity contribution in [2.45, 2.75) is 31.6 Å². The Labute approximate surface area is 125 Å². The topological polar surface area (TPSA) is 40.5 Å². The molecule has 0 fully saturated rings. The van der Waals surface area contributed by atoms with E-state index in [1.54, 1.807) is 12.1 Å². The summed E-state index contributed by atoms with van der Waals surface area (Å²) in [5.74, 6) is 1.07. The molecule has 108 valence electrons. The van der Waals surface area contributed by atoms with E-state index in [1.807, 2.05) is 24.3 Å². The number of aromatic hydroxyl groups is 2. The number of para-hydroxylation sites is 1. The Morgan fingerprint density at radius 3 is 2.48 bits per heavy atom. The van der Waals surface area contributed by atoms with Gasteiger partial charge in [0.05, 0.1) is 0 Å². The zero-order chi connectivity index (χ0) is 14.7. The van der Waals surface area contributed by atoms with Crippen LogP contribution in [0.3, 0.4) is 0 Å². The van der Waals surface area contributed by atoms with Crippen molar-refractivity contribution in [1.29, 1.82) is 0 Å². The third kappa shape index (κ3) is 2.94. The molecule has 0 bridgehead atoms. The summed E-state index contributed by atoms with van der Waals surface area (Å²) >= 11 is 0. The quantitative estimate of drug-likeness (QED) is 0.812. The van der Waals surface area contributed by atoms with Crippen LogP contribution in [0.5, 0.6) is 11.5 Å². The van der Waals surface area contributed by atoms with Crippen LogP contribution in [-0.4, -0.2) is 10.2 Å². The average molecular weight is 280 g/mol. The van der Waals surface area contributed by atoms with Gasteiger partial charge < -0.3 is 10.2 Å². The fourth-order valence-electron chi connectivity index (χ4n) is 3.09. The molecule has 1 atom stereocenters. The van der Waals surface area contributed by atoms with Gasteiger partial charge in [0.15, 0.2) is 0 Å². The lowest BCUT2D eigenvalue weighted by atomic mass is 9.83. The van der Waals surface area contributed by atoms with Crippen LogP contribution >= 0.6 is 0 Å². The van der Waals surface area contributed by atoms with Crippen LogP contribution in [0.4, 0.5) is 0 Å². The van der Waals surface area contributed by atoms with E-state index in [1.165, 1.54) is 5.56 Å². The zero-order valence-corrected chi connectivity index (χ0v) is 12.0.